The molecular formula is C12H20N4O. The first-order valence-corrected chi connectivity index (χ1v) is 6.27. The first-order chi connectivity index (χ1) is 8.22. The molecule has 0 spiro atoms. The molecule has 1 fully saturated rings. The summed E-state index contributed by atoms with van der Waals surface area (Å²) in [4.78, 5) is 11.4. The zero-order valence-corrected chi connectivity index (χ0v) is 10.2. The lowest BCUT2D eigenvalue weighted by molar-refractivity contribution is -0.123. The third-order valence-corrected chi connectivity index (χ3v) is 3.29. The molecule has 1 aliphatic heterocycles. The fourth-order valence-electron chi connectivity index (χ4n) is 2.44. The van der Waals surface area contributed by atoms with Crippen LogP contribution in [0.25, 0.3) is 0 Å². The number of amides is 1. The van der Waals surface area contributed by atoms with Crippen molar-refractivity contribution in [2.45, 2.75) is 38.8 Å². The summed E-state index contributed by atoms with van der Waals surface area (Å²) in [6.07, 6.45) is 6.79. The van der Waals surface area contributed by atoms with Crippen LogP contribution in [0.15, 0.2) is 12.4 Å². The van der Waals surface area contributed by atoms with Crippen molar-refractivity contribution < 1.29 is 4.79 Å². The Bertz CT molecular complexity index is 388. The van der Waals surface area contributed by atoms with Crippen molar-refractivity contribution >= 4 is 5.91 Å². The van der Waals surface area contributed by atoms with Gasteiger partial charge in [-0.05, 0) is 25.8 Å². The molecule has 1 amide bonds. The predicted octanol–water partition coefficient (Wildman–Crippen LogP) is 0.819. The average molecular weight is 236 g/mol. The molecule has 2 atom stereocenters. The van der Waals surface area contributed by atoms with E-state index >= 15 is 0 Å². The molecule has 94 valence electrons. The molecular weight excluding hydrogens is 216 g/mol. The van der Waals surface area contributed by atoms with Crippen LogP contribution in [0.2, 0.25) is 0 Å². The van der Waals surface area contributed by atoms with E-state index < -0.39 is 0 Å². The molecule has 2 rings (SSSR count). The Morgan fingerprint density at radius 1 is 1.71 bits per heavy atom. The highest BCUT2D eigenvalue weighted by Gasteiger charge is 2.30. The third-order valence-electron chi connectivity index (χ3n) is 3.29. The molecule has 0 radical (unpaired) electrons. The summed E-state index contributed by atoms with van der Waals surface area (Å²) in [5, 5.41) is 7.67. The van der Waals surface area contributed by atoms with E-state index in [1.807, 2.05) is 17.1 Å². The molecule has 2 unspecified atom stereocenters. The van der Waals surface area contributed by atoms with Crippen LogP contribution in [-0.4, -0.2) is 22.2 Å². The lowest BCUT2D eigenvalue weighted by atomic mass is 9.87. The van der Waals surface area contributed by atoms with E-state index in [0.717, 1.165) is 37.9 Å². The van der Waals surface area contributed by atoms with Crippen molar-refractivity contribution in [1.29, 1.82) is 0 Å². The van der Waals surface area contributed by atoms with Crippen molar-refractivity contribution in [3.05, 3.63) is 18.0 Å². The van der Waals surface area contributed by atoms with E-state index in [9.17, 15) is 4.79 Å². The Hall–Kier alpha value is -1.36. The number of carbonyl (C=O) groups excluding carboxylic acids is 1. The van der Waals surface area contributed by atoms with Gasteiger partial charge in [0.2, 0.25) is 5.91 Å². The number of primary amides is 1. The van der Waals surface area contributed by atoms with Crippen molar-refractivity contribution in [2.75, 3.05) is 6.54 Å². The number of carbonyl (C=O) groups is 1. The van der Waals surface area contributed by atoms with Gasteiger partial charge in [0.25, 0.3) is 0 Å². The van der Waals surface area contributed by atoms with Crippen LogP contribution in [0.4, 0.5) is 0 Å². The molecule has 0 aromatic carbocycles. The van der Waals surface area contributed by atoms with Crippen LogP contribution in [0.1, 0.15) is 37.8 Å². The third kappa shape index (κ3) is 2.66. The normalized spacial score (nSPS) is 24.8. The molecule has 5 nitrogen and oxygen atoms in total. The largest absolute Gasteiger partial charge is 0.369 e. The number of aromatic nitrogens is 2. The van der Waals surface area contributed by atoms with Crippen molar-refractivity contribution in [1.82, 2.24) is 15.1 Å². The summed E-state index contributed by atoms with van der Waals surface area (Å²) in [6.45, 7) is 3.97. The number of aryl methyl sites for hydroxylation is 1. The highest BCUT2D eigenvalue weighted by Crippen LogP contribution is 2.28. The topological polar surface area (TPSA) is 72.9 Å². The summed E-state index contributed by atoms with van der Waals surface area (Å²) in [6, 6.07) is 0.0341. The molecule has 0 aliphatic carbocycles. The number of hydrogen-bond donors (Lipinski definition) is 2. The van der Waals surface area contributed by atoms with Crippen LogP contribution in [-0.2, 0) is 11.3 Å². The van der Waals surface area contributed by atoms with Crippen LogP contribution < -0.4 is 11.1 Å². The zero-order chi connectivity index (χ0) is 12.3. The summed E-state index contributed by atoms with van der Waals surface area (Å²) in [5.41, 5.74) is 6.53. The smallest absolute Gasteiger partial charge is 0.222 e. The van der Waals surface area contributed by atoms with Gasteiger partial charge in [-0.25, -0.2) is 0 Å². The number of nitrogens with two attached hydrogens (primary N) is 1. The first-order valence-electron chi connectivity index (χ1n) is 6.27. The summed E-state index contributed by atoms with van der Waals surface area (Å²) >= 11 is 0. The molecule has 2 heterocycles. The van der Waals surface area contributed by atoms with Crippen molar-refractivity contribution in [2.24, 2.45) is 11.7 Å². The van der Waals surface area contributed by atoms with Gasteiger partial charge in [-0.2, -0.15) is 5.10 Å². The van der Waals surface area contributed by atoms with E-state index in [0.29, 0.717) is 0 Å². The number of piperidine rings is 1. The van der Waals surface area contributed by atoms with Gasteiger partial charge in [-0.1, -0.05) is 6.92 Å². The van der Waals surface area contributed by atoms with Gasteiger partial charge in [-0.15, -0.1) is 0 Å². The lowest BCUT2D eigenvalue weighted by Crippen LogP contribution is -2.40. The SMILES string of the molecule is CCCn1cc(C2NCCCC2C(N)=O)cn1. The van der Waals surface area contributed by atoms with Crippen LogP contribution >= 0.6 is 0 Å². The van der Waals surface area contributed by atoms with E-state index in [2.05, 4.69) is 17.3 Å². The van der Waals surface area contributed by atoms with Gasteiger partial charge in [0.1, 0.15) is 0 Å². The highest BCUT2D eigenvalue weighted by molar-refractivity contribution is 5.77. The first kappa shape index (κ1) is 12.1. The van der Waals surface area contributed by atoms with E-state index in [1.54, 1.807) is 0 Å². The molecule has 1 aliphatic rings. The van der Waals surface area contributed by atoms with Crippen LogP contribution in [0.3, 0.4) is 0 Å². The van der Waals surface area contributed by atoms with E-state index in [4.69, 9.17) is 5.73 Å². The standard InChI is InChI=1S/C12H20N4O/c1-2-6-16-8-9(7-15-16)11-10(12(13)17)4-3-5-14-11/h7-8,10-11,14H,2-6H2,1H3,(H2,13,17). The van der Waals surface area contributed by atoms with Crippen molar-refractivity contribution in [3.63, 3.8) is 0 Å². The van der Waals surface area contributed by atoms with Gasteiger partial charge < -0.3 is 11.1 Å². The number of nitrogens with one attached hydrogen (secondary N) is 1. The second-order valence-electron chi connectivity index (χ2n) is 4.62. The Balaban J connectivity index is 2.14. The van der Waals surface area contributed by atoms with E-state index in [1.165, 1.54) is 0 Å². The molecule has 1 aromatic rings. The van der Waals surface area contributed by atoms with Gasteiger partial charge in [0, 0.05) is 24.3 Å². The zero-order valence-electron chi connectivity index (χ0n) is 10.2. The Kier molecular flexibility index (Phi) is 3.78. The molecule has 0 saturated carbocycles. The predicted molar refractivity (Wildman–Crippen MR) is 65.2 cm³/mol. The molecule has 17 heavy (non-hydrogen) atoms. The molecule has 0 bridgehead atoms. The minimum Gasteiger partial charge on any atom is -0.369 e. The summed E-state index contributed by atoms with van der Waals surface area (Å²) < 4.78 is 1.92. The summed E-state index contributed by atoms with van der Waals surface area (Å²) in [5.74, 6) is -0.325. The molecule has 1 aromatic heterocycles. The quantitative estimate of drug-likeness (QED) is 0.813. The number of rotatable bonds is 4. The molecule has 5 heteroatoms. The minimum atomic E-state index is -0.217. The Morgan fingerprint density at radius 2 is 2.53 bits per heavy atom. The van der Waals surface area contributed by atoms with Gasteiger partial charge in [0.05, 0.1) is 12.1 Å². The highest BCUT2D eigenvalue weighted by atomic mass is 16.1. The van der Waals surface area contributed by atoms with Crippen molar-refractivity contribution in [3.8, 4) is 0 Å². The Morgan fingerprint density at radius 3 is 3.24 bits per heavy atom. The maximum absolute atomic E-state index is 11.4. The summed E-state index contributed by atoms with van der Waals surface area (Å²) in [7, 11) is 0. The monoisotopic (exact) mass is 236 g/mol. The lowest BCUT2D eigenvalue weighted by Gasteiger charge is -2.29. The van der Waals surface area contributed by atoms with Crippen LogP contribution in [0.5, 0.6) is 0 Å². The second kappa shape index (κ2) is 5.31. The molecule has 3 N–H and O–H groups in total. The second-order valence-corrected chi connectivity index (χ2v) is 4.62. The maximum Gasteiger partial charge on any atom is 0.222 e. The van der Waals surface area contributed by atoms with Crippen LogP contribution in [0, 0.1) is 5.92 Å². The van der Waals surface area contributed by atoms with E-state index in [-0.39, 0.29) is 17.9 Å². The fourth-order valence-corrected chi connectivity index (χ4v) is 2.44. The maximum atomic E-state index is 11.4. The average Bonchev–Trinajstić information content (AvgIpc) is 2.78. The van der Waals surface area contributed by atoms with Gasteiger partial charge in [0.15, 0.2) is 0 Å². The Labute approximate surface area is 101 Å². The fraction of sp³-hybridized carbons (Fsp3) is 0.667. The number of hydrogen-bond acceptors (Lipinski definition) is 3. The minimum absolute atomic E-state index is 0.0341. The molecule has 1 saturated heterocycles. The number of nitrogens with zero attached hydrogens (tertiary/aromatic N) is 2. The van der Waals surface area contributed by atoms with Gasteiger partial charge in [-0.3, -0.25) is 9.48 Å². The van der Waals surface area contributed by atoms with Gasteiger partial charge >= 0.3 is 0 Å².